The zero-order valence-corrected chi connectivity index (χ0v) is 10.5. The quantitative estimate of drug-likeness (QED) is 0.348. The molecular weight excluding hydrogens is 238 g/mol. The normalized spacial score (nSPS) is 11.1. The lowest BCUT2D eigenvalue weighted by molar-refractivity contribution is -0.384. The van der Waals surface area contributed by atoms with Crippen LogP contribution in [0.1, 0.15) is 20.8 Å². The minimum absolute atomic E-state index is 0.0566. The van der Waals surface area contributed by atoms with E-state index < -0.39 is 16.5 Å². The summed E-state index contributed by atoms with van der Waals surface area (Å²) in [5, 5.41) is 10.5. The molecule has 18 heavy (non-hydrogen) atoms. The first kappa shape index (κ1) is 14.1. The Balaban J connectivity index is 2.73. The highest BCUT2D eigenvalue weighted by Gasteiger charge is 2.30. The van der Waals surface area contributed by atoms with Gasteiger partial charge < -0.3 is 9.47 Å². The number of esters is 1. The zero-order valence-electron chi connectivity index (χ0n) is 10.5. The van der Waals surface area contributed by atoms with E-state index in [0.29, 0.717) is 6.61 Å². The molecule has 0 aromatic heterocycles. The molecule has 0 aliphatic heterocycles. The molecule has 0 unspecified atom stereocenters. The van der Waals surface area contributed by atoms with Gasteiger partial charge in [-0.15, -0.1) is 0 Å². The molecule has 0 amide bonds. The fraction of sp³-hybridized carbons (Fsp3) is 0.417. The van der Waals surface area contributed by atoms with Crippen LogP contribution in [0, 0.1) is 10.1 Å². The Kier molecular flexibility index (Phi) is 4.38. The van der Waals surface area contributed by atoms with Crippen molar-refractivity contribution in [2.24, 2.45) is 0 Å². The van der Waals surface area contributed by atoms with Gasteiger partial charge in [0.05, 0.1) is 4.92 Å². The Bertz CT molecular complexity index is 438. The predicted octanol–water partition coefficient (Wildman–Crippen LogP) is 2.32. The first-order valence-electron chi connectivity index (χ1n) is 5.47. The molecule has 6 nitrogen and oxygen atoms in total. The van der Waals surface area contributed by atoms with E-state index in [4.69, 9.17) is 9.47 Å². The summed E-state index contributed by atoms with van der Waals surface area (Å²) >= 11 is 0. The third-order valence-corrected chi connectivity index (χ3v) is 2.25. The molecule has 98 valence electrons. The first-order chi connectivity index (χ1) is 8.36. The number of ether oxygens (including phenoxy) is 2. The molecule has 0 saturated carbocycles. The number of nitro benzene ring substituents is 1. The first-order valence-corrected chi connectivity index (χ1v) is 5.47. The molecule has 1 aromatic carbocycles. The van der Waals surface area contributed by atoms with Crippen molar-refractivity contribution in [2.45, 2.75) is 26.4 Å². The van der Waals surface area contributed by atoms with E-state index in [1.807, 2.05) is 0 Å². The third kappa shape index (κ3) is 3.53. The van der Waals surface area contributed by atoms with Crippen molar-refractivity contribution in [3.63, 3.8) is 0 Å². The van der Waals surface area contributed by atoms with E-state index in [-0.39, 0.29) is 11.4 Å². The summed E-state index contributed by atoms with van der Waals surface area (Å²) in [4.78, 5) is 21.7. The number of non-ortho nitro benzene ring substituents is 1. The molecule has 0 bridgehead atoms. The van der Waals surface area contributed by atoms with Crippen molar-refractivity contribution in [1.82, 2.24) is 0 Å². The number of nitrogens with zero attached hydrogens (tertiary/aromatic N) is 1. The van der Waals surface area contributed by atoms with Gasteiger partial charge in [-0.3, -0.25) is 10.1 Å². The number of rotatable bonds is 5. The SMILES string of the molecule is CCOC(C)(C)C(=O)Oc1ccc([N+](=O)[O-])cc1. The minimum atomic E-state index is -1.05. The molecule has 0 spiro atoms. The minimum Gasteiger partial charge on any atom is -0.424 e. The van der Waals surface area contributed by atoms with Crippen molar-refractivity contribution in [1.29, 1.82) is 0 Å². The molecular formula is C12H15NO5. The summed E-state index contributed by atoms with van der Waals surface area (Å²) in [7, 11) is 0. The molecule has 0 fully saturated rings. The lowest BCUT2D eigenvalue weighted by atomic mass is 10.1. The van der Waals surface area contributed by atoms with E-state index in [9.17, 15) is 14.9 Å². The molecule has 0 heterocycles. The van der Waals surface area contributed by atoms with Crippen LogP contribution in [0.4, 0.5) is 5.69 Å². The Morgan fingerprint density at radius 1 is 1.33 bits per heavy atom. The topological polar surface area (TPSA) is 78.7 Å². The van der Waals surface area contributed by atoms with Crippen LogP contribution in [0.25, 0.3) is 0 Å². The van der Waals surface area contributed by atoms with E-state index in [2.05, 4.69) is 0 Å². The number of nitro groups is 1. The Hall–Kier alpha value is -1.95. The van der Waals surface area contributed by atoms with Crippen LogP contribution in [-0.2, 0) is 9.53 Å². The molecule has 1 aromatic rings. The zero-order chi connectivity index (χ0) is 13.8. The summed E-state index contributed by atoms with van der Waals surface area (Å²) in [5.41, 5.74) is -1.10. The van der Waals surface area contributed by atoms with Gasteiger partial charge >= 0.3 is 5.97 Å². The van der Waals surface area contributed by atoms with Crippen molar-refractivity contribution < 1.29 is 19.2 Å². The van der Waals surface area contributed by atoms with E-state index >= 15 is 0 Å². The fourth-order valence-electron chi connectivity index (χ4n) is 1.29. The van der Waals surface area contributed by atoms with E-state index in [0.717, 1.165) is 0 Å². The second-order valence-electron chi connectivity index (χ2n) is 4.08. The summed E-state index contributed by atoms with van der Waals surface area (Å²) < 4.78 is 10.3. The molecule has 0 radical (unpaired) electrons. The van der Waals surface area contributed by atoms with Gasteiger partial charge in [-0.25, -0.2) is 4.79 Å². The van der Waals surface area contributed by atoms with Gasteiger partial charge in [0.2, 0.25) is 0 Å². The van der Waals surface area contributed by atoms with Crippen LogP contribution in [0.5, 0.6) is 5.75 Å². The van der Waals surface area contributed by atoms with Crippen molar-refractivity contribution in [3.8, 4) is 5.75 Å². The molecule has 0 atom stereocenters. The van der Waals surface area contributed by atoms with E-state index in [1.54, 1.807) is 20.8 Å². The lowest BCUT2D eigenvalue weighted by Crippen LogP contribution is -2.38. The standard InChI is InChI=1S/C12H15NO5/c1-4-17-12(2,3)11(14)18-10-7-5-9(6-8-10)13(15)16/h5-8H,4H2,1-3H3. The highest BCUT2D eigenvalue weighted by Crippen LogP contribution is 2.20. The van der Waals surface area contributed by atoms with Crippen LogP contribution in [0.15, 0.2) is 24.3 Å². The van der Waals surface area contributed by atoms with Crippen LogP contribution < -0.4 is 4.74 Å². The summed E-state index contributed by atoms with van der Waals surface area (Å²) in [6, 6.07) is 5.29. The highest BCUT2D eigenvalue weighted by atomic mass is 16.6. The van der Waals surface area contributed by atoms with Crippen LogP contribution in [-0.4, -0.2) is 23.1 Å². The second-order valence-corrected chi connectivity index (χ2v) is 4.08. The maximum Gasteiger partial charge on any atom is 0.343 e. The second kappa shape index (κ2) is 5.59. The van der Waals surface area contributed by atoms with Gasteiger partial charge in [0.15, 0.2) is 5.60 Å². The highest BCUT2D eigenvalue weighted by molar-refractivity contribution is 5.80. The monoisotopic (exact) mass is 253 g/mol. The van der Waals surface area contributed by atoms with Gasteiger partial charge in [0.25, 0.3) is 5.69 Å². The maximum absolute atomic E-state index is 11.8. The number of hydrogen-bond donors (Lipinski definition) is 0. The van der Waals surface area contributed by atoms with Crippen LogP contribution in [0.3, 0.4) is 0 Å². The van der Waals surface area contributed by atoms with Gasteiger partial charge in [0, 0.05) is 18.7 Å². The van der Waals surface area contributed by atoms with Crippen molar-refractivity contribution in [3.05, 3.63) is 34.4 Å². The Labute approximate surface area is 105 Å². The van der Waals surface area contributed by atoms with Crippen molar-refractivity contribution >= 4 is 11.7 Å². The number of hydrogen-bond acceptors (Lipinski definition) is 5. The van der Waals surface area contributed by atoms with Gasteiger partial charge in [-0.1, -0.05) is 0 Å². The van der Waals surface area contributed by atoms with Crippen molar-refractivity contribution in [2.75, 3.05) is 6.61 Å². The molecule has 0 aliphatic rings. The van der Waals surface area contributed by atoms with E-state index in [1.165, 1.54) is 24.3 Å². The molecule has 0 saturated heterocycles. The summed E-state index contributed by atoms with van der Waals surface area (Å²) in [6.07, 6.45) is 0. The van der Waals surface area contributed by atoms with Crippen LogP contribution >= 0.6 is 0 Å². The maximum atomic E-state index is 11.8. The lowest BCUT2D eigenvalue weighted by Gasteiger charge is -2.21. The van der Waals surface area contributed by atoms with Crippen LogP contribution in [0.2, 0.25) is 0 Å². The van der Waals surface area contributed by atoms with Gasteiger partial charge in [-0.2, -0.15) is 0 Å². The average Bonchev–Trinajstić information content (AvgIpc) is 2.29. The number of carbonyl (C=O) groups excluding carboxylic acids is 1. The third-order valence-electron chi connectivity index (χ3n) is 2.25. The largest absolute Gasteiger partial charge is 0.424 e. The molecule has 0 aliphatic carbocycles. The Morgan fingerprint density at radius 2 is 1.89 bits per heavy atom. The summed E-state index contributed by atoms with van der Waals surface area (Å²) in [5.74, 6) is -0.295. The van der Waals surface area contributed by atoms with Gasteiger partial charge in [-0.05, 0) is 32.9 Å². The predicted molar refractivity (Wildman–Crippen MR) is 64.4 cm³/mol. The smallest absolute Gasteiger partial charge is 0.343 e. The van der Waals surface area contributed by atoms with Gasteiger partial charge in [0.1, 0.15) is 5.75 Å². The molecule has 1 rings (SSSR count). The fourth-order valence-corrected chi connectivity index (χ4v) is 1.29. The summed E-state index contributed by atoms with van der Waals surface area (Å²) in [6.45, 7) is 5.37. The average molecular weight is 253 g/mol. The molecule has 0 N–H and O–H groups in total. The number of carbonyl (C=O) groups is 1. The number of benzene rings is 1. The Morgan fingerprint density at radius 3 is 2.33 bits per heavy atom. The molecule has 6 heteroatoms.